The Morgan fingerprint density at radius 3 is 2.71 bits per heavy atom. The van der Waals surface area contributed by atoms with Crippen LogP contribution in [0.3, 0.4) is 0 Å². The summed E-state index contributed by atoms with van der Waals surface area (Å²) in [6, 6.07) is 13.7. The maximum atomic E-state index is 12.1. The highest BCUT2D eigenvalue weighted by atomic mass is 19.3. The second-order valence-electron chi connectivity index (χ2n) is 5.92. The molecule has 0 spiro atoms. The van der Waals surface area contributed by atoms with E-state index in [2.05, 4.69) is 10.1 Å². The Balaban J connectivity index is 1.50. The molecule has 1 aromatic heterocycles. The van der Waals surface area contributed by atoms with Crippen molar-refractivity contribution in [1.29, 1.82) is 0 Å². The summed E-state index contributed by atoms with van der Waals surface area (Å²) in [4.78, 5) is 12.0. The van der Waals surface area contributed by atoms with Crippen LogP contribution in [0, 0.1) is 0 Å². The zero-order valence-electron chi connectivity index (χ0n) is 15.2. The third-order valence-corrected chi connectivity index (χ3v) is 4.01. The molecule has 0 saturated heterocycles. The van der Waals surface area contributed by atoms with Crippen LogP contribution in [0.5, 0.6) is 11.5 Å². The molecule has 0 unspecified atom stereocenters. The van der Waals surface area contributed by atoms with Gasteiger partial charge in [0.2, 0.25) is 5.91 Å². The fourth-order valence-corrected chi connectivity index (χ4v) is 2.68. The van der Waals surface area contributed by atoms with Gasteiger partial charge in [0.25, 0.3) is 0 Å². The van der Waals surface area contributed by atoms with Crippen molar-refractivity contribution in [3.8, 4) is 11.5 Å². The maximum absolute atomic E-state index is 12.1. The van der Waals surface area contributed by atoms with E-state index in [9.17, 15) is 13.6 Å². The number of benzene rings is 2. The van der Waals surface area contributed by atoms with E-state index in [4.69, 9.17) is 9.15 Å². The molecule has 0 radical (unpaired) electrons. The zero-order valence-corrected chi connectivity index (χ0v) is 15.2. The van der Waals surface area contributed by atoms with Crippen molar-refractivity contribution in [2.75, 3.05) is 13.7 Å². The summed E-state index contributed by atoms with van der Waals surface area (Å²) in [5.41, 5.74) is 1.53. The number of carbonyl (C=O) groups excluding carboxylic acids is 1. The first-order valence-corrected chi connectivity index (χ1v) is 8.61. The molecule has 1 heterocycles. The lowest BCUT2D eigenvalue weighted by Crippen LogP contribution is -2.23. The van der Waals surface area contributed by atoms with E-state index in [0.717, 1.165) is 10.9 Å². The van der Waals surface area contributed by atoms with Gasteiger partial charge in [0.05, 0.1) is 7.11 Å². The molecule has 7 heteroatoms. The van der Waals surface area contributed by atoms with Gasteiger partial charge in [0, 0.05) is 18.0 Å². The van der Waals surface area contributed by atoms with Crippen molar-refractivity contribution in [3.05, 3.63) is 65.9 Å². The molecule has 1 amide bonds. The lowest BCUT2D eigenvalue weighted by Gasteiger charge is -2.06. The highest BCUT2D eigenvalue weighted by Crippen LogP contribution is 2.28. The van der Waals surface area contributed by atoms with Crippen LogP contribution < -0.4 is 14.8 Å². The van der Waals surface area contributed by atoms with Crippen LogP contribution in [0.4, 0.5) is 8.78 Å². The van der Waals surface area contributed by atoms with Crippen LogP contribution in [-0.4, -0.2) is 26.2 Å². The Kier molecular flexibility index (Phi) is 6.26. The highest BCUT2D eigenvalue weighted by Gasteiger charge is 2.07. The van der Waals surface area contributed by atoms with Crippen molar-refractivity contribution in [2.45, 2.75) is 13.0 Å². The van der Waals surface area contributed by atoms with Gasteiger partial charge >= 0.3 is 6.61 Å². The van der Waals surface area contributed by atoms with Gasteiger partial charge in [-0.2, -0.15) is 8.78 Å². The lowest BCUT2D eigenvalue weighted by atomic mass is 10.1. The molecule has 28 heavy (non-hydrogen) atoms. The van der Waals surface area contributed by atoms with E-state index in [1.54, 1.807) is 31.4 Å². The van der Waals surface area contributed by atoms with Crippen molar-refractivity contribution in [1.82, 2.24) is 5.32 Å². The smallest absolute Gasteiger partial charge is 0.387 e. The van der Waals surface area contributed by atoms with Gasteiger partial charge in [-0.25, -0.2) is 0 Å². The maximum Gasteiger partial charge on any atom is 0.387 e. The molecular formula is C21H19F2NO4. The largest absolute Gasteiger partial charge is 0.493 e. The third kappa shape index (κ3) is 5.09. The number of para-hydroxylation sites is 1. The summed E-state index contributed by atoms with van der Waals surface area (Å²) in [6.07, 6.45) is 3.55. The van der Waals surface area contributed by atoms with E-state index >= 15 is 0 Å². The molecule has 5 nitrogen and oxygen atoms in total. The molecule has 1 N–H and O–H groups in total. The summed E-state index contributed by atoms with van der Waals surface area (Å²) >= 11 is 0. The average molecular weight is 387 g/mol. The Bertz CT molecular complexity index is 964. The number of amides is 1. The number of hydrogen-bond acceptors (Lipinski definition) is 4. The van der Waals surface area contributed by atoms with E-state index in [1.807, 2.05) is 18.2 Å². The number of furan rings is 1. The number of carbonyl (C=O) groups is 1. The Morgan fingerprint density at radius 1 is 1.21 bits per heavy atom. The molecular weight excluding hydrogens is 368 g/mol. The summed E-state index contributed by atoms with van der Waals surface area (Å²) in [6.45, 7) is -2.43. The molecule has 0 aliphatic heterocycles. The van der Waals surface area contributed by atoms with Crippen LogP contribution in [0.2, 0.25) is 0 Å². The molecule has 0 fully saturated rings. The molecule has 0 aliphatic carbocycles. The van der Waals surface area contributed by atoms with Gasteiger partial charge in [-0.05, 0) is 42.3 Å². The first kappa shape index (κ1) is 19.4. The molecule has 0 saturated carbocycles. The zero-order chi connectivity index (χ0) is 19.9. The number of ether oxygens (including phenoxy) is 2. The highest BCUT2D eigenvalue weighted by molar-refractivity contribution is 5.92. The fraction of sp³-hybridized carbons (Fsp3) is 0.190. The molecule has 146 valence electrons. The van der Waals surface area contributed by atoms with Gasteiger partial charge in [0.1, 0.15) is 11.5 Å². The number of hydrogen-bond donors (Lipinski definition) is 1. The molecule has 0 atom stereocenters. The summed E-state index contributed by atoms with van der Waals surface area (Å²) in [5, 5.41) is 3.65. The molecule has 3 rings (SSSR count). The topological polar surface area (TPSA) is 60.7 Å². The Hall–Kier alpha value is -3.35. The minimum atomic E-state index is -2.84. The minimum Gasteiger partial charge on any atom is -0.493 e. The summed E-state index contributed by atoms with van der Waals surface area (Å²) in [7, 11) is 1.57. The van der Waals surface area contributed by atoms with Crippen LogP contribution in [0.15, 0.2) is 59.0 Å². The lowest BCUT2D eigenvalue weighted by molar-refractivity contribution is -0.116. The van der Waals surface area contributed by atoms with Crippen LogP contribution in [0.1, 0.15) is 11.3 Å². The monoisotopic (exact) mass is 387 g/mol. The van der Waals surface area contributed by atoms with Gasteiger partial charge in [-0.1, -0.05) is 24.3 Å². The van der Waals surface area contributed by atoms with Crippen molar-refractivity contribution in [2.24, 2.45) is 0 Å². The van der Waals surface area contributed by atoms with Crippen LogP contribution in [0.25, 0.3) is 17.0 Å². The standard InChI is InChI=1S/C21H19F2NO4/c1-26-18-4-2-3-15-13-17(27-20(15)18)9-10-19(25)24-12-11-14-5-7-16(8-6-14)28-21(22)23/h2-10,13,21H,11-12H2,1H3,(H,24,25)/b10-9+. The van der Waals surface area contributed by atoms with E-state index in [0.29, 0.717) is 30.1 Å². The van der Waals surface area contributed by atoms with E-state index < -0.39 is 6.61 Å². The molecule has 0 aliphatic rings. The first-order chi connectivity index (χ1) is 13.5. The predicted molar refractivity (Wildman–Crippen MR) is 102 cm³/mol. The fourth-order valence-electron chi connectivity index (χ4n) is 2.68. The van der Waals surface area contributed by atoms with Gasteiger partial charge < -0.3 is 19.2 Å². The first-order valence-electron chi connectivity index (χ1n) is 8.61. The Labute approximate surface area is 160 Å². The van der Waals surface area contributed by atoms with E-state index in [1.165, 1.54) is 18.2 Å². The van der Waals surface area contributed by atoms with Crippen molar-refractivity contribution in [3.63, 3.8) is 0 Å². The molecule has 0 bridgehead atoms. The van der Waals surface area contributed by atoms with Crippen LogP contribution in [-0.2, 0) is 11.2 Å². The number of fused-ring (bicyclic) bond motifs is 1. The summed E-state index contributed by atoms with van der Waals surface area (Å²) in [5.74, 6) is 1.02. The summed E-state index contributed by atoms with van der Waals surface area (Å²) < 4.78 is 39.5. The Morgan fingerprint density at radius 2 is 2.00 bits per heavy atom. The molecule has 2 aromatic carbocycles. The second-order valence-corrected chi connectivity index (χ2v) is 5.92. The van der Waals surface area contributed by atoms with Crippen LogP contribution >= 0.6 is 0 Å². The second kappa shape index (κ2) is 9.03. The average Bonchev–Trinajstić information content (AvgIpc) is 3.10. The van der Waals surface area contributed by atoms with Gasteiger partial charge in [-0.15, -0.1) is 0 Å². The van der Waals surface area contributed by atoms with E-state index in [-0.39, 0.29) is 11.7 Å². The van der Waals surface area contributed by atoms with Gasteiger partial charge in [-0.3, -0.25) is 4.79 Å². The molecule has 3 aromatic rings. The van der Waals surface area contributed by atoms with Crippen molar-refractivity contribution < 1.29 is 27.5 Å². The SMILES string of the molecule is COc1cccc2cc(/C=C/C(=O)NCCc3ccc(OC(F)F)cc3)oc12. The number of methoxy groups -OCH3 is 1. The predicted octanol–water partition coefficient (Wildman–Crippen LogP) is 4.41. The number of rotatable bonds is 8. The number of alkyl halides is 2. The quantitative estimate of drug-likeness (QED) is 0.582. The van der Waals surface area contributed by atoms with Gasteiger partial charge in [0.15, 0.2) is 11.3 Å². The number of nitrogens with one attached hydrogen (secondary N) is 1. The number of halogens is 2. The van der Waals surface area contributed by atoms with Crippen molar-refractivity contribution >= 4 is 23.0 Å². The minimum absolute atomic E-state index is 0.105. The normalized spacial score (nSPS) is 11.3. The third-order valence-electron chi connectivity index (χ3n) is 4.01.